The second kappa shape index (κ2) is 9.54. The number of alkyl carbamates (subject to hydrolysis) is 1. The second-order valence-corrected chi connectivity index (χ2v) is 7.79. The zero-order chi connectivity index (χ0) is 19.9. The lowest BCUT2D eigenvalue weighted by atomic mass is 10.1. The third-order valence-corrected chi connectivity index (χ3v) is 4.31. The predicted octanol–water partition coefficient (Wildman–Crippen LogP) is 1.33. The van der Waals surface area contributed by atoms with Crippen LogP contribution in [0.3, 0.4) is 0 Å². The highest BCUT2D eigenvalue weighted by atomic mass is 16.6. The summed E-state index contributed by atoms with van der Waals surface area (Å²) in [7, 11) is 0. The number of ether oxygens (including phenoxy) is 1. The largest absolute Gasteiger partial charge is 0.444 e. The minimum absolute atomic E-state index is 0.0429. The Morgan fingerprint density at radius 2 is 1.96 bits per heavy atom. The smallest absolute Gasteiger partial charge is 0.407 e. The monoisotopic (exact) mass is 369 g/mol. The first-order valence-corrected chi connectivity index (χ1v) is 9.00. The van der Waals surface area contributed by atoms with Crippen LogP contribution in [0.1, 0.15) is 53.9 Å². The van der Waals surface area contributed by atoms with Crippen molar-refractivity contribution in [3.8, 4) is 0 Å². The summed E-state index contributed by atoms with van der Waals surface area (Å²) in [5, 5.41) is 2.72. The molecular formula is C18H31N3O5. The number of nitrogens with zero attached hydrogens (tertiary/aromatic N) is 2. The van der Waals surface area contributed by atoms with Crippen LogP contribution in [0.25, 0.3) is 0 Å². The number of hydrogen-bond acceptors (Lipinski definition) is 5. The minimum Gasteiger partial charge on any atom is -0.444 e. The van der Waals surface area contributed by atoms with Crippen LogP contribution in [0.2, 0.25) is 0 Å². The number of aldehydes is 1. The zero-order valence-electron chi connectivity index (χ0n) is 16.4. The van der Waals surface area contributed by atoms with E-state index in [2.05, 4.69) is 5.32 Å². The zero-order valence-corrected chi connectivity index (χ0v) is 16.4. The fraction of sp³-hybridized carbons (Fsp3) is 0.778. The molecule has 0 saturated carbocycles. The third-order valence-electron chi connectivity index (χ3n) is 4.31. The number of amides is 3. The average Bonchev–Trinajstić information content (AvgIpc) is 2.90. The lowest BCUT2D eigenvalue weighted by molar-refractivity contribution is -0.129. The van der Waals surface area contributed by atoms with Crippen molar-refractivity contribution in [3.63, 3.8) is 0 Å². The van der Waals surface area contributed by atoms with Crippen molar-refractivity contribution >= 4 is 24.7 Å². The molecule has 148 valence electrons. The summed E-state index contributed by atoms with van der Waals surface area (Å²) < 4.78 is 5.21. The molecule has 0 aromatic carbocycles. The molecule has 2 unspecified atom stereocenters. The molecule has 0 bridgehead atoms. The highest BCUT2D eigenvalue weighted by Gasteiger charge is 2.32. The summed E-state index contributed by atoms with van der Waals surface area (Å²) in [5.41, 5.74) is -0.583. The standard InChI is InChI=1S/C18H31N3O5/c1-13(19-17(25)26-18(3,4)5)10-20(14(2)24)9-8-15-6-7-16(11-22)21(15)12-23/h11-13,15-16H,6-10H2,1-5H3,(H,19,25)/t13?,15-,16?/m1/s1. The van der Waals surface area contributed by atoms with E-state index in [1.165, 1.54) is 11.8 Å². The lowest BCUT2D eigenvalue weighted by Gasteiger charge is -2.29. The van der Waals surface area contributed by atoms with Crippen molar-refractivity contribution in [1.82, 2.24) is 15.1 Å². The molecule has 1 rings (SSSR count). The van der Waals surface area contributed by atoms with Gasteiger partial charge in [0.05, 0.1) is 6.04 Å². The van der Waals surface area contributed by atoms with Crippen molar-refractivity contribution in [2.45, 2.75) is 77.6 Å². The summed E-state index contributed by atoms with van der Waals surface area (Å²) in [4.78, 5) is 49.1. The maximum atomic E-state index is 11.9. The molecule has 8 heteroatoms. The van der Waals surface area contributed by atoms with Gasteiger partial charge in [-0.25, -0.2) is 4.79 Å². The SMILES string of the molecule is CC(=O)N(CC[C@H]1CCC(C=O)N1C=O)CC(C)NC(=O)OC(C)(C)C. The Kier molecular flexibility index (Phi) is 8.05. The number of likely N-dealkylation sites (tertiary alicyclic amines) is 1. The molecule has 1 N–H and O–H groups in total. The Balaban J connectivity index is 2.53. The molecule has 0 aromatic rings. The van der Waals surface area contributed by atoms with Crippen molar-refractivity contribution in [2.24, 2.45) is 0 Å². The molecule has 3 atom stereocenters. The first kappa shape index (κ1) is 21.9. The molecule has 1 heterocycles. The van der Waals surface area contributed by atoms with Crippen LogP contribution >= 0.6 is 0 Å². The second-order valence-electron chi connectivity index (χ2n) is 7.79. The Morgan fingerprint density at radius 3 is 2.46 bits per heavy atom. The van der Waals surface area contributed by atoms with Gasteiger partial charge in [-0.05, 0) is 47.0 Å². The number of nitrogens with one attached hydrogen (secondary N) is 1. The van der Waals surface area contributed by atoms with Crippen LogP contribution in [0.4, 0.5) is 4.79 Å². The summed E-state index contributed by atoms with van der Waals surface area (Å²) in [6, 6.07) is -0.683. The van der Waals surface area contributed by atoms with Gasteiger partial charge in [-0.3, -0.25) is 9.59 Å². The van der Waals surface area contributed by atoms with Crippen LogP contribution in [-0.4, -0.2) is 71.3 Å². The summed E-state index contributed by atoms with van der Waals surface area (Å²) in [5.74, 6) is -0.106. The van der Waals surface area contributed by atoms with Crippen molar-refractivity contribution in [3.05, 3.63) is 0 Å². The molecule has 8 nitrogen and oxygen atoms in total. The molecule has 0 aliphatic carbocycles. The first-order chi connectivity index (χ1) is 12.1. The Morgan fingerprint density at radius 1 is 1.31 bits per heavy atom. The van der Waals surface area contributed by atoms with Gasteiger partial charge in [0.2, 0.25) is 12.3 Å². The first-order valence-electron chi connectivity index (χ1n) is 9.00. The van der Waals surface area contributed by atoms with E-state index in [9.17, 15) is 19.2 Å². The van der Waals surface area contributed by atoms with E-state index in [1.807, 2.05) is 0 Å². The molecule has 26 heavy (non-hydrogen) atoms. The fourth-order valence-electron chi connectivity index (χ4n) is 3.10. The normalized spacial score (nSPS) is 21.0. The summed E-state index contributed by atoms with van der Waals surface area (Å²) in [6.07, 6.45) is 2.99. The molecule has 0 spiro atoms. The van der Waals surface area contributed by atoms with Crippen molar-refractivity contribution in [2.75, 3.05) is 13.1 Å². The van der Waals surface area contributed by atoms with Crippen molar-refractivity contribution in [1.29, 1.82) is 0 Å². The summed E-state index contributed by atoms with van der Waals surface area (Å²) in [6.45, 7) is 9.43. The Labute approximate surface area is 155 Å². The van der Waals surface area contributed by atoms with Gasteiger partial charge in [0.1, 0.15) is 11.9 Å². The van der Waals surface area contributed by atoms with E-state index < -0.39 is 11.7 Å². The lowest BCUT2D eigenvalue weighted by Crippen LogP contribution is -2.46. The third kappa shape index (κ3) is 7.01. The number of carbonyl (C=O) groups excluding carboxylic acids is 4. The van der Waals surface area contributed by atoms with E-state index in [-0.39, 0.29) is 24.0 Å². The van der Waals surface area contributed by atoms with Crippen molar-refractivity contribution < 1.29 is 23.9 Å². The molecular weight excluding hydrogens is 338 g/mol. The molecule has 0 radical (unpaired) electrons. The minimum atomic E-state index is -0.583. The predicted molar refractivity (Wildman–Crippen MR) is 96.5 cm³/mol. The number of rotatable bonds is 8. The molecule has 1 saturated heterocycles. The maximum absolute atomic E-state index is 11.9. The molecule has 1 aliphatic rings. The molecule has 0 aromatic heterocycles. The van der Waals surface area contributed by atoms with E-state index >= 15 is 0 Å². The van der Waals surface area contributed by atoms with Gasteiger partial charge in [0.15, 0.2) is 0 Å². The fourth-order valence-corrected chi connectivity index (χ4v) is 3.10. The van der Waals surface area contributed by atoms with Gasteiger partial charge < -0.3 is 24.6 Å². The van der Waals surface area contributed by atoms with Gasteiger partial charge in [0, 0.05) is 32.1 Å². The molecule has 3 amide bonds. The highest BCUT2D eigenvalue weighted by molar-refractivity contribution is 5.73. The Hall–Kier alpha value is -2.12. The van der Waals surface area contributed by atoms with Gasteiger partial charge in [-0.1, -0.05) is 0 Å². The quantitative estimate of drug-likeness (QED) is 0.651. The van der Waals surface area contributed by atoms with Crippen LogP contribution in [0, 0.1) is 0 Å². The van der Waals surface area contributed by atoms with Gasteiger partial charge in [-0.2, -0.15) is 0 Å². The van der Waals surface area contributed by atoms with E-state index in [0.29, 0.717) is 32.3 Å². The molecule has 1 fully saturated rings. The Bertz CT molecular complexity index is 517. The van der Waals surface area contributed by atoms with E-state index in [1.54, 1.807) is 32.6 Å². The topological polar surface area (TPSA) is 96.0 Å². The van der Waals surface area contributed by atoms with Crippen LogP contribution < -0.4 is 5.32 Å². The average molecular weight is 369 g/mol. The van der Waals surface area contributed by atoms with Crippen LogP contribution in [0.15, 0.2) is 0 Å². The van der Waals surface area contributed by atoms with Crippen LogP contribution in [0.5, 0.6) is 0 Å². The van der Waals surface area contributed by atoms with Crippen LogP contribution in [-0.2, 0) is 19.1 Å². The maximum Gasteiger partial charge on any atom is 0.407 e. The highest BCUT2D eigenvalue weighted by Crippen LogP contribution is 2.23. The summed E-state index contributed by atoms with van der Waals surface area (Å²) >= 11 is 0. The van der Waals surface area contributed by atoms with E-state index in [4.69, 9.17) is 4.74 Å². The van der Waals surface area contributed by atoms with E-state index in [0.717, 1.165) is 12.7 Å². The molecule has 1 aliphatic heterocycles. The number of carbonyl (C=O) groups is 4. The number of hydrogen-bond donors (Lipinski definition) is 1. The van der Waals surface area contributed by atoms with Gasteiger partial charge in [0.25, 0.3) is 0 Å². The van der Waals surface area contributed by atoms with Gasteiger partial charge >= 0.3 is 6.09 Å². The van der Waals surface area contributed by atoms with Gasteiger partial charge in [-0.15, -0.1) is 0 Å².